The van der Waals surface area contributed by atoms with Crippen LogP contribution in [-0.4, -0.2) is 46.1 Å². The molecule has 3 N–H and O–H groups in total. The Morgan fingerprint density at radius 3 is 0.970 bits per heavy atom. The molecular formula is C55H100Cl4N4O3S. The van der Waals surface area contributed by atoms with Crippen LogP contribution < -0.4 is 20.4 Å². The van der Waals surface area contributed by atoms with Gasteiger partial charge < -0.3 is 20.4 Å². The Labute approximate surface area is 443 Å². The largest absolute Gasteiger partial charge is 0.494 e. The highest BCUT2D eigenvalue weighted by Gasteiger charge is 2.07. The van der Waals surface area contributed by atoms with Crippen molar-refractivity contribution in [2.75, 3.05) is 25.9 Å². The molecule has 0 aliphatic carbocycles. The van der Waals surface area contributed by atoms with Crippen LogP contribution >= 0.6 is 61.4 Å². The van der Waals surface area contributed by atoms with E-state index in [0.717, 1.165) is 29.7 Å². The summed E-state index contributed by atoms with van der Waals surface area (Å²) in [5.41, 5.74) is 2.73. The van der Waals surface area contributed by atoms with E-state index in [9.17, 15) is 0 Å². The van der Waals surface area contributed by atoms with E-state index in [1.807, 2.05) is 85.8 Å². The maximum atomic E-state index is 5.59. The van der Waals surface area contributed by atoms with Crippen LogP contribution in [0.25, 0.3) is 0 Å². The van der Waals surface area contributed by atoms with Gasteiger partial charge in [0.2, 0.25) is 0 Å². The molecule has 0 saturated heterocycles. The second-order valence-corrected chi connectivity index (χ2v) is 15.0. The number of halogens is 4. The minimum atomic E-state index is 0. The molecule has 0 amide bonds. The second-order valence-electron chi connectivity index (χ2n) is 14.0. The molecule has 0 aromatic heterocycles. The highest BCUT2D eigenvalue weighted by molar-refractivity contribution is 7.99. The van der Waals surface area contributed by atoms with Crippen molar-refractivity contribution < 1.29 is 14.2 Å². The lowest BCUT2D eigenvalue weighted by Crippen LogP contribution is -1.98. The van der Waals surface area contributed by atoms with Crippen LogP contribution in [0.3, 0.4) is 0 Å². The zero-order valence-electron chi connectivity index (χ0n) is 43.5. The van der Waals surface area contributed by atoms with Crippen LogP contribution in [0.1, 0.15) is 172 Å². The van der Waals surface area contributed by atoms with Crippen molar-refractivity contribution >= 4 is 81.5 Å². The summed E-state index contributed by atoms with van der Waals surface area (Å²) in [7, 11) is 0. The molecule has 0 unspecified atom stereocenters. The van der Waals surface area contributed by atoms with E-state index in [-0.39, 0.29) is 63.2 Å². The van der Waals surface area contributed by atoms with Crippen LogP contribution in [0, 0.1) is 0 Å². The molecule has 0 heterocycles. The average molecular weight is 1040 g/mol. The maximum Gasteiger partial charge on any atom is 0.178 e. The summed E-state index contributed by atoms with van der Waals surface area (Å²) in [5, 5.41) is 0. The van der Waals surface area contributed by atoms with E-state index >= 15 is 0 Å². The molecule has 0 atom stereocenters. The first-order valence-corrected chi connectivity index (χ1v) is 23.6. The summed E-state index contributed by atoms with van der Waals surface area (Å²) in [6.45, 7) is 39.7. The number of nitrogens with zero attached hydrogens (tertiary/aromatic N) is 3. The second kappa shape index (κ2) is 71.8. The highest BCUT2D eigenvalue weighted by Crippen LogP contribution is 2.27. The van der Waals surface area contributed by atoms with E-state index in [4.69, 9.17) is 14.2 Å². The standard InChI is InChI=1S/C14H22O.2C8H9NO.C8H9NS.4C4H10.CH4.4ClH.H3N/c1-6-15-14-8-12(10(2)3)7-13(9-14)11(4)5;3*1-9-7-10-8-5-3-2-4-6-8;4*1-3-4-2;;;;;;/h7-11H,6H2,1-5H3;3*2-6H,1,7H2;4*3-4H2,1-2H3;1H4;4*1H;1H3. The third kappa shape index (κ3) is 64.9. The smallest absolute Gasteiger partial charge is 0.178 e. The van der Waals surface area contributed by atoms with E-state index < -0.39 is 0 Å². The number of hydrogen-bond donors (Lipinski definition) is 1. The number of unbranched alkanes of at least 4 members (excludes halogenated alkanes) is 4. The predicted octanol–water partition coefficient (Wildman–Crippen LogP) is 19.9. The van der Waals surface area contributed by atoms with E-state index in [1.54, 1.807) is 11.8 Å². The van der Waals surface area contributed by atoms with Gasteiger partial charge in [-0.25, -0.2) is 0 Å². The van der Waals surface area contributed by atoms with Gasteiger partial charge in [-0.05, 0) is 98.6 Å². The van der Waals surface area contributed by atoms with Crippen molar-refractivity contribution in [2.45, 2.75) is 166 Å². The van der Waals surface area contributed by atoms with E-state index in [1.165, 1.54) is 67.4 Å². The summed E-state index contributed by atoms with van der Waals surface area (Å²) in [5.74, 6) is 4.52. The minimum absolute atomic E-state index is 0. The van der Waals surface area contributed by atoms with Gasteiger partial charge in [0.1, 0.15) is 17.2 Å². The Balaban J connectivity index is -0.0000000716. The Morgan fingerprint density at radius 2 is 0.731 bits per heavy atom. The lowest BCUT2D eigenvalue weighted by molar-refractivity contribution is 0.332. The number of aliphatic imine (C=N–C) groups is 3. The fourth-order valence-corrected chi connectivity index (χ4v) is 4.06. The first kappa shape index (κ1) is 86.9. The van der Waals surface area contributed by atoms with Gasteiger partial charge in [-0.15, -0.1) is 61.4 Å². The van der Waals surface area contributed by atoms with Gasteiger partial charge >= 0.3 is 0 Å². The monoisotopic (exact) mass is 1040 g/mol. The fourth-order valence-electron chi connectivity index (χ4n) is 3.47. The predicted molar refractivity (Wildman–Crippen MR) is 319 cm³/mol. The number of thioether (sulfide) groups is 1. The number of rotatable bonds is 17. The van der Waals surface area contributed by atoms with Crippen LogP contribution in [0.2, 0.25) is 0 Å². The van der Waals surface area contributed by atoms with Gasteiger partial charge in [-0.2, -0.15) is 0 Å². The molecule has 0 saturated carbocycles. The van der Waals surface area contributed by atoms with Crippen molar-refractivity contribution in [3.63, 3.8) is 0 Å². The van der Waals surface area contributed by atoms with Gasteiger partial charge in [-0.1, -0.05) is 203 Å². The molecule has 0 radical (unpaired) electrons. The van der Waals surface area contributed by atoms with Gasteiger partial charge in [0.05, 0.1) is 12.5 Å². The molecule has 12 heteroatoms. The first-order chi connectivity index (χ1) is 29.5. The Bertz CT molecular complexity index is 1320. The number of benzene rings is 4. The minimum Gasteiger partial charge on any atom is -0.494 e. The lowest BCUT2D eigenvalue weighted by atomic mass is 9.95. The van der Waals surface area contributed by atoms with Crippen molar-refractivity contribution in [3.05, 3.63) is 120 Å². The number of hydrogen-bond acceptors (Lipinski definition) is 8. The van der Waals surface area contributed by atoms with Crippen LogP contribution in [0.15, 0.2) is 129 Å². The maximum absolute atomic E-state index is 5.59. The topological polar surface area (TPSA) is 99.8 Å². The van der Waals surface area contributed by atoms with Crippen molar-refractivity contribution in [2.24, 2.45) is 15.0 Å². The summed E-state index contributed by atoms with van der Waals surface area (Å²) in [6.07, 6.45) is 10.6. The lowest BCUT2D eigenvalue weighted by Gasteiger charge is -2.14. The van der Waals surface area contributed by atoms with Crippen LogP contribution in [0.4, 0.5) is 0 Å². The van der Waals surface area contributed by atoms with Crippen molar-refractivity contribution in [1.82, 2.24) is 6.15 Å². The molecule has 0 spiro atoms. The van der Waals surface area contributed by atoms with Crippen molar-refractivity contribution in [3.8, 4) is 17.2 Å². The SMILES string of the molecule is C.C=NCOc1ccccc1.C=NCOc1ccccc1.C=NCSc1ccccc1.CCCC.CCCC.CCCC.CCCC.CCOc1cc(C(C)C)cc(C(C)C)c1.Cl.Cl.Cl.Cl.N. The third-order valence-electron chi connectivity index (χ3n) is 7.79. The summed E-state index contributed by atoms with van der Waals surface area (Å²) >= 11 is 1.69. The van der Waals surface area contributed by atoms with Gasteiger partial charge in [0.15, 0.2) is 13.5 Å². The summed E-state index contributed by atoms with van der Waals surface area (Å²) in [6, 6.07) is 35.8. The number of ether oxygens (including phenoxy) is 3. The molecule has 67 heavy (non-hydrogen) atoms. The average Bonchev–Trinajstić information content (AvgIpc) is 3.31. The summed E-state index contributed by atoms with van der Waals surface area (Å²) < 4.78 is 15.8. The first-order valence-electron chi connectivity index (χ1n) is 22.6. The molecule has 392 valence electrons. The molecule has 0 bridgehead atoms. The Morgan fingerprint density at radius 1 is 0.433 bits per heavy atom. The molecule has 0 aliphatic heterocycles. The quantitative estimate of drug-likeness (QED) is 0.0839. The molecule has 7 nitrogen and oxygen atoms in total. The van der Waals surface area contributed by atoms with E-state index in [0.29, 0.717) is 25.3 Å². The molecule has 4 rings (SSSR count). The van der Waals surface area contributed by atoms with Gasteiger partial charge in [0.25, 0.3) is 0 Å². The molecule has 0 fully saturated rings. The zero-order chi connectivity index (χ0) is 46.8. The molecule has 4 aromatic carbocycles. The fraction of sp³-hybridized carbons (Fsp3) is 0.509. The van der Waals surface area contributed by atoms with Crippen molar-refractivity contribution in [1.29, 1.82) is 0 Å². The highest BCUT2D eigenvalue weighted by atomic mass is 35.5. The van der Waals surface area contributed by atoms with E-state index in [2.05, 4.69) is 149 Å². The Kier molecular flexibility index (Phi) is 93.1. The summed E-state index contributed by atoms with van der Waals surface area (Å²) in [4.78, 5) is 12.1. The Hall–Kier alpha value is -3.24. The normalized spacial score (nSPS) is 8.28. The van der Waals surface area contributed by atoms with Gasteiger partial charge in [0, 0.05) is 4.90 Å². The van der Waals surface area contributed by atoms with Crippen LogP contribution in [-0.2, 0) is 0 Å². The zero-order valence-corrected chi connectivity index (χ0v) is 47.6. The molecule has 0 aliphatic rings. The van der Waals surface area contributed by atoms with Crippen LogP contribution in [0.5, 0.6) is 17.2 Å². The third-order valence-corrected chi connectivity index (χ3v) is 8.71. The molecule has 4 aromatic rings. The number of para-hydroxylation sites is 2. The molecular weight excluding hydrogens is 939 g/mol. The van der Waals surface area contributed by atoms with Gasteiger partial charge in [-0.3, -0.25) is 15.0 Å².